The van der Waals surface area contributed by atoms with E-state index in [1.54, 1.807) is 0 Å². The fourth-order valence-corrected chi connectivity index (χ4v) is 4.34. The highest BCUT2D eigenvalue weighted by molar-refractivity contribution is 9.10. The SMILES string of the molecule is O=C(NC1CC2CCC(C1)N2)c1sccc1Br. The molecule has 17 heavy (non-hydrogen) atoms. The van der Waals surface area contributed by atoms with E-state index in [0.717, 1.165) is 22.2 Å². The first-order chi connectivity index (χ1) is 8.22. The molecule has 0 aliphatic carbocycles. The summed E-state index contributed by atoms with van der Waals surface area (Å²) < 4.78 is 0.900. The summed E-state index contributed by atoms with van der Waals surface area (Å²) in [4.78, 5) is 12.9. The maximum atomic E-state index is 12.1. The fraction of sp³-hybridized carbons (Fsp3) is 0.583. The third-order valence-electron chi connectivity index (χ3n) is 3.63. The van der Waals surface area contributed by atoms with Crippen molar-refractivity contribution in [2.24, 2.45) is 0 Å². The van der Waals surface area contributed by atoms with Crippen LogP contribution in [0.5, 0.6) is 0 Å². The van der Waals surface area contributed by atoms with Crippen molar-refractivity contribution in [2.75, 3.05) is 0 Å². The number of hydrogen-bond acceptors (Lipinski definition) is 3. The first-order valence-electron chi connectivity index (χ1n) is 6.02. The molecular weight excluding hydrogens is 300 g/mol. The highest BCUT2D eigenvalue weighted by Crippen LogP contribution is 2.28. The number of halogens is 1. The number of thiophene rings is 1. The summed E-state index contributed by atoms with van der Waals surface area (Å²) in [7, 11) is 0. The van der Waals surface area contributed by atoms with Crippen molar-refractivity contribution in [1.29, 1.82) is 0 Å². The molecule has 2 saturated heterocycles. The van der Waals surface area contributed by atoms with E-state index in [1.165, 1.54) is 24.2 Å². The monoisotopic (exact) mass is 314 g/mol. The van der Waals surface area contributed by atoms with Gasteiger partial charge in [-0.25, -0.2) is 0 Å². The Morgan fingerprint density at radius 2 is 2.12 bits per heavy atom. The predicted octanol–water partition coefficient (Wildman–Crippen LogP) is 2.52. The molecule has 0 spiro atoms. The summed E-state index contributed by atoms with van der Waals surface area (Å²) in [5.41, 5.74) is 0. The molecule has 2 bridgehead atoms. The molecule has 2 fully saturated rings. The minimum atomic E-state index is 0.0678. The van der Waals surface area contributed by atoms with E-state index in [1.807, 2.05) is 11.4 Å². The lowest BCUT2D eigenvalue weighted by atomic mass is 10.00. The van der Waals surface area contributed by atoms with Crippen LogP contribution in [-0.2, 0) is 0 Å². The summed E-state index contributed by atoms with van der Waals surface area (Å²) in [6, 6.07) is 3.50. The van der Waals surface area contributed by atoms with E-state index in [2.05, 4.69) is 26.6 Å². The number of nitrogens with one attached hydrogen (secondary N) is 2. The second-order valence-corrected chi connectivity index (χ2v) is 6.65. The third-order valence-corrected chi connectivity index (χ3v) is 5.47. The van der Waals surface area contributed by atoms with Gasteiger partial charge in [0.2, 0.25) is 0 Å². The van der Waals surface area contributed by atoms with Crippen LogP contribution >= 0.6 is 27.3 Å². The highest BCUT2D eigenvalue weighted by Gasteiger charge is 2.34. The number of hydrogen-bond donors (Lipinski definition) is 2. The first-order valence-corrected chi connectivity index (χ1v) is 7.69. The molecule has 0 saturated carbocycles. The summed E-state index contributed by atoms with van der Waals surface area (Å²) in [6.07, 6.45) is 4.68. The summed E-state index contributed by atoms with van der Waals surface area (Å²) >= 11 is 4.89. The molecule has 92 valence electrons. The zero-order valence-electron chi connectivity index (χ0n) is 9.41. The van der Waals surface area contributed by atoms with Gasteiger partial charge in [-0.2, -0.15) is 0 Å². The molecule has 0 radical (unpaired) electrons. The number of rotatable bonds is 2. The second-order valence-electron chi connectivity index (χ2n) is 4.88. The minimum Gasteiger partial charge on any atom is -0.348 e. The molecular formula is C12H15BrN2OS. The van der Waals surface area contributed by atoms with Crippen molar-refractivity contribution in [2.45, 2.75) is 43.8 Å². The zero-order chi connectivity index (χ0) is 11.8. The van der Waals surface area contributed by atoms with Crippen LogP contribution in [0.15, 0.2) is 15.9 Å². The van der Waals surface area contributed by atoms with Gasteiger partial charge in [-0.3, -0.25) is 4.79 Å². The highest BCUT2D eigenvalue weighted by atomic mass is 79.9. The summed E-state index contributed by atoms with van der Waals surface area (Å²) in [5, 5.41) is 8.68. The average molecular weight is 315 g/mol. The van der Waals surface area contributed by atoms with Gasteiger partial charge in [-0.1, -0.05) is 0 Å². The molecule has 2 aliphatic heterocycles. The molecule has 2 unspecified atom stereocenters. The lowest BCUT2D eigenvalue weighted by molar-refractivity contribution is 0.0927. The average Bonchev–Trinajstić information content (AvgIpc) is 2.85. The summed E-state index contributed by atoms with van der Waals surface area (Å²) in [6.45, 7) is 0. The lowest BCUT2D eigenvalue weighted by Gasteiger charge is -2.29. The summed E-state index contributed by atoms with van der Waals surface area (Å²) in [5.74, 6) is 0.0678. The van der Waals surface area contributed by atoms with E-state index < -0.39 is 0 Å². The number of carbonyl (C=O) groups excluding carboxylic acids is 1. The molecule has 0 aromatic carbocycles. The Kier molecular flexibility index (Phi) is 3.23. The van der Waals surface area contributed by atoms with Gasteiger partial charge in [0.25, 0.3) is 5.91 Å². The van der Waals surface area contributed by atoms with Gasteiger partial charge in [0, 0.05) is 22.6 Å². The van der Waals surface area contributed by atoms with Crippen LogP contribution in [0.4, 0.5) is 0 Å². The van der Waals surface area contributed by atoms with Crippen LogP contribution in [0.2, 0.25) is 0 Å². The van der Waals surface area contributed by atoms with Crippen LogP contribution in [0, 0.1) is 0 Å². The molecule has 2 aliphatic rings. The smallest absolute Gasteiger partial charge is 0.262 e. The van der Waals surface area contributed by atoms with Gasteiger partial charge in [0.05, 0.1) is 0 Å². The Bertz CT molecular complexity index is 422. The van der Waals surface area contributed by atoms with Crippen molar-refractivity contribution in [3.05, 3.63) is 20.8 Å². The quantitative estimate of drug-likeness (QED) is 0.880. The molecule has 2 N–H and O–H groups in total. The van der Waals surface area contributed by atoms with E-state index in [4.69, 9.17) is 0 Å². The van der Waals surface area contributed by atoms with Gasteiger partial charge in [0.1, 0.15) is 4.88 Å². The maximum Gasteiger partial charge on any atom is 0.262 e. The van der Waals surface area contributed by atoms with Crippen molar-refractivity contribution in [3.8, 4) is 0 Å². The van der Waals surface area contributed by atoms with Gasteiger partial charge >= 0.3 is 0 Å². The standard InChI is InChI=1S/C12H15BrN2OS/c13-10-3-4-17-11(10)12(16)15-9-5-7-1-2-8(6-9)14-7/h3-4,7-9,14H,1-2,5-6H2,(H,15,16). The Balaban J connectivity index is 1.64. The Labute approximate surface area is 113 Å². The Morgan fingerprint density at radius 3 is 2.71 bits per heavy atom. The molecule has 1 amide bonds. The largest absolute Gasteiger partial charge is 0.348 e. The molecule has 3 heterocycles. The van der Waals surface area contributed by atoms with Gasteiger partial charge in [-0.05, 0) is 53.1 Å². The van der Waals surface area contributed by atoms with E-state index in [9.17, 15) is 4.79 Å². The van der Waals surface area contributed by atoms with Crippen LogP contribution in [0.25, 0.3) is 0 Å². The normalized spacial score (nSPS) is 31.5. The van der Waals surface area contributed by atoms with Gasteiger partial charge < -0.3 is 10.6 Å². The second kappa shape index (κ2) is 4.71. The lowest BCUT2D eigenvalue weighted by Crippen LogP contribution is -2.47. The topological polar surface area (TPSA) is 41.1 Å². The van der Waals surface area contributed by atoms with Crippen LogP contribution < -0.4 is 10.6 Å². The van der Waals surface area contributed by atoms with Crippen molar-refractivity contribution in [3.63, 3.8) is 0 Å². The Hall–Kier alpha value is -0.390. The molecule has 3 nitrogen and oxygen atoms in total. The third kappa shape index (κ3) is 2.41. The van der Waals surface area contributed by atoms with Crippen LogP contribution in [0.3, 0.4) is 0 Å². The van der Waals surface area contributed by atoms with Gasteiger partial charge in [0.15, 0.2) is 0 Å². The van der Waals surface area contributed by atoms with E-state index >= 15 is 0 Å². The van der Waals surface area contributed by atoms with Crippen molar-refractivity contribution < 1.29 is 4.79 Å². The van der Waals surface area contributed by atoms with Crippen molar-refractivity contribution in [1.82, 2.24) is 10.6 Å². The first kappa shape index (κ1) is 11.7. The molecule has 3 rings (SSSR count). The van der Waals surface area contributed by atoms with Crippen LogP contribution in [-0.4, -0.2) is 24.0 Å². The van der Waals surface area contributed by atoms with E-state index in [-0.39, 0.29) is 5.91 Å². The van der Waals surface area contributed by atoms with Crippen LogP contribution in [0.1, 0.15) is 35.4 Å². The molecule has 1 aromatic rings. The maximum absolute atomic E-state index is 12.1. The number of amides is 1. The number of piperidine rings is 1. The zero-order valence-corrected chi connectivity index (χ0v) is 11.8. The van der Waals surface area contributed by atoms with Gasteiger partial charge in [-0.15, -0.1) is 11.3 Å². The number of carbonyl (C=O) groups is 1. The van der Waals surface area contributed by atoms with E-state index in [0.29, 0.717) is 18.1 Å². The van der Waals surface area contributed by atoms with Crippen molar-refractivity contribution >= 4 is 33.2 Å². The molecule has 1 aromatic heterocycles. The Morgan fingerprint density at radius 1 is 1.41 bits per heavy atom. The fourth-order valence-electron chi connectivity index (χ4n) is 2.88. The number of fused-ring (bicyclic) bond motifs is 2. The molecule has 5 heteroatoms. The molecule has 2 atom stereocenters. The minimum absolute atomic E-state index is 0.0678. The predicted molar refractivity (Wildman–Crippen MR) is 72.5 cm³/mol.